The molecule has 1 aromatic carbocycles. The first-order chi connectivity index (χ1) is 11.0. The lowest BCUT2D eigenvalue weighted by Crippen LogP contribution is -2.15. The number of hydrogen-bond acceptors (Lipinski definition) is 4. The molecule has 2 aromatic heterocycles. The van der Waals surface area contributed by atoms with E-state index in [1.54, 1.807) is 16.9 Å². The van der Waals surface area contributed by atoms with Crippen LogP contribution >= 0.6 is 15.9 Å². The number of pyridine rings is 1. The Labute approximate surface area is 142 Å². The van der Waals surface area contributed by atoms with Crippen molar-refractivity contribution < 1.29 is 4.79 Å². The number of nitrogens with zero attached hydrogens (tertiary/aromatic N) is 4. The number of anilines is 1. The lowest BCUT2D eigenvalue weighted by molar-refractivity contribution is 0.102. The van der Waals surface area contributed by atoms with E-state index >= 15 is 0 Å². The van der Waals surface area contributed by atoms with Crippen molar-refractivity contribution in [2.75, 3.05) is 5.32 Å². The number of fused-ring (bicyclic) bond motifs is 1. The molecule has 0 aliphatic rings. The van der Waals surface area contributed by atoms with Crippen LogP contribution in [0.3, 0.4) is 0 Å². The van der Waals surface area contributed by atoms with E-state index in [-0.39, 0.29) is 11.9 Å². The highest BCUT2D eigenvalue weighted by atomic mass is 79.9. The summed E-state index contributed by atoms with van der Waals surface area (Å²) in [6, 6.07) is 7.67. The van der Waals surface area contributed by atoms with Gasteiger partial charge in [0.15, 0.2) is 5.69 Å². The van der Waals surface area contributed by atoms with Gasteiger partial charge >= 0.3 is 0 Å². The van der Waals surface area contributed by atoms with Crippen molar-refractivity contribution in [3.05, 3.63) is 46.3 Å². The van der Waals surface area contributed by atoms with Gasteiger partial charge in [0.25, 0.3) is 5.91 Å². The molecule has 0 spiro atoms. The molecule has 0 radical (unpaired) electrons. The van der Waals surface area contributed by atoms with Crippen LogP contribution in [0.25, 0.3) is 10.9 Å². The monoisotopic (exact) mass is 373 g/mol. The zero-order valence-corrected chi connectivity index (χ0v) is 14.6. The van der Waals surface area contributed by atoms with Crippen LogP contribution in [-0.4, -0.2) is 25.9 Å². The smallest absolute Gasteiger partial charge is 0.278 e. The molecule has 23 heavy (non-hydrogen) atoms. The van der Waals surface area contributed by atoms with Crippen molar-refractivity contribution in [1.29, 1.82) is 0 Å². The summed E-state index contributed by atoms with van der Waals surface area (Å²) < 4.78 is 2.66. The van der Waals surface area contributed by atoms with Gasteiger partial charge in [-0.15, -0.1) is 5.10 Å². The topological polar surface area (TPSA) is 72.7 Å². The van der Waals surface area contributed by atoms with Crippen LogP contribution in [-0.2, 0) is 0 Å². The van der Waals surface area contributed by atoms with Crippen LogP contribution in [0, 0.1) is 6.92 Å². The van der Waals surface area contributed by atoms with Crippen LogP contribution in [0.2, 0.25) is 0 Å². The Bertz CT molecular complexity index is 887. The third-order valence-corrected chi connectivity index (χ3v) is 4.08. The predicted octanol–water partition coefficient (Wildman–Crippen LogP) is 3.73. The van der Waals surface area contributed by atoms with Crippen LogP contribution in [0.5, 0.6) is 0 Å². The molecule has 3 rings (SSSR count). The Morgan fingerprint density at radius 3 is 2.78 bits per heavy atom. The number of rotatable bonds is 3. The molecular weight excluding hydrogens is 358 g/mol. The van der Waals surface area contributed by atoms with Gasteiger partial charge in [-0.25, -0.2) is 4.68 Å². The third-order valence-electron chi connectivity index (χ3n) is 3.58. The second-order valence-corrected chi connectivity index (χ2v) is 6.45. The van der Waals surface area contributed by atoms with E-state index in [0.29, 0.717) is 11.4 Å². The van der Waals surface area contributed by atoms with E-state index in [2.05, 4.69) is 36.5 Å². The molecule has 7 heteroatoms. The molecule has 0 bridgehead atoms. The highest BCUT2D eigenvalue weighted by Crippen LogP contribution is 2.25. The van der Waals surface area contributed by atoms with Gasteiger partial charge < -0.3 is 5.32 Å². The molecule has 6 nitrogen and oxygen atoms in total. The van der Waals surface area contributed by atoms with Crippen molar-refractivity contribution in [1.82, 2.24) is 20.0 Å². The van der Waals surface area contributed by atoms with E-state index in [1.165, 1.54) is 0 Å². The molecule has 0 aliphatic carbocycles. The molecular formula is C16H16BrN5O. The summed E-state index contributed by atoms with van der Waals surface area (Å²) in [5.74, 6) is -0.276. The van der Waals surface area contributed by atoms with Gasteiger partial charge in [0.2, 0.25) is 0 Å². The quantitative estimate of drug-likeness (QED) is 0.758. The van der Waals surface area contributed by atoms with Gasteiger partial charge in [-0.1, -0.05) is 21.1 Å². The van der Waals surface area contributed by atoms with Gasteiger partial charge in [0.1, 0.15) is 0 Å². The Kier molecular flexibility index (Phi) is 4.12. The third kappa shape index (κ3) is 2.96. The molecule has 0 atom stereocenters. The minimum absolute atomic E-state index is 0.154. The molecule has 118 valence electrons. The first kappa shape index (κ1) is 15.6. The molecule has 1 amide bonds. The highest BCUT2D eigenvalue weighted by Gasteiger charge is 2.18. The van der Waals surface area contributed by atoms with Crippen LogP contribution < -0.4 is 5.32 Å². The Morgan fingerprint density at radius 1 is 1.30 bits per heavy atom. The largest absolute Gasteiger partial charge is 0.320 e. The number of amides is 1. The maximum atomic E-state index is 12.5. The fraction of sp³-hybridized carbons (Fsp3) is 0.250. The number of benzene rings is 1. The van der Waals surface area contributed by atoms with Crippen LogP contribution in [0.4, 0.5) is 5.69 Å². The molecule has 2 heterocycles. The Balaban J connectivity index is 1.96. The van der Waals surface area contributed by atoms with Crippen molar-refractivity contribution in [3.8, 4) is 0 Å². The molecule has 0 unspecified atom stereocenters. The molecule has 1 N–H and O–H groups in total. The van der Waals surface area contributed by atoms with Gasteiger partial charge in [-0.2, -0.15) is 0 Å². The van der Waals surface area contributed by atoms with E-state index < -0.39 is 0 Å². The number of aromatic nitrogens is 4. The van der Waals surface area contributed by atoms with Crippen molar-refractivity contribution in [2.24, 2.45) is 0 Å². The molecule has 0 fully saturated rings. The minimum atomic E-state index is -0.276. The average molecular weight is 374 g/mol. The summed E-state index contributed by atoms with van der Waals surface area (Å²) in [7, 11) is 0. The normalized spacial score (nSPS) is 11.2. The van der Waals surface area contributed by atoms with E-state index in [4.69, 9.17) is 0 Å². The standard InChI is InChI=1S/C16H16BrN5O/c1-9(2)22-10(3)15(20-21-22)16(23)19-14-6-7-18-13-5-4-11(17)8-12(13)14/h4-9H,1-3H3,(H,18,19,23). The van der Waals surface area contributed by atoms with Gasteiger partial charge in [0.05, 0.1) is 16.9 Å². The summed E-state index contributed by atoms with van der Waals surface area (Å²) in [6.07, 6.45) is 1.67. The number of carbonyl (C=O) groups excluding carboxylic acids is 1. The number of halogens is 1. The second-order valence-electron chi connectivity index (χ2n) is 5.54. The fourth-order valence-corrected chi connectivity index (χ4v) is 2.81. The summed E-state index contributed by atoms with van der Waals surface area (Å²) in [4.78, 5) is 16.8. The van der Waals surface area contributed by atoms with Crippen LogP contribution in [0.15, 0.2) is 34.9 Å². The molecule has 3 aromatic rings. The Hall–Kier alpha value is -2.28. The predicted molar refractivity (Wildman–Crippen MR) is 92.5 cm³/mol. The van der Waals surface area contributed by atoms with E-state index in [1.807, 2.05) is 39.0 Å². The average Bonchev–Trinajstić information content (AvgIpc) is 2.90. The van der Waals surface area contributed by atoms with Gasteiger partial charge in [-0.05, 0) is 45.0 Å². The lowest BCUT2D eigenvalue weighted by atomic mass is 10.2. The van der Waals surface area contributed by atoms with Gasteiger partial charge in [0, 0.05) is 22.1 Å². The van der Waals surface area contributed by atoms with E-state index in [0.717, 1.165) is 21.1 Å². The maximum absolute atomic E-state index is 12.5. The second kappa shape index (κ2) is 6.08. The maximum Gasteiger partial charge on any atom is 0.278 e. The Morgan fingerprint density at radius 2 is 2.09 bits per heavy atom. The number of hydrogen-bond donors (Lipinski definition) is 1. The first-order valence-corrected chi connectivity index (χ1v) is 8.04. The molecule has 0 aliphatic heterocycles. The first-order valence-electron chi connectivity index (χ1n) is 7.25. The van der Waals surface area contributed by atoms with Gasteiger partial charge in [-0.3, -0.25) is 9.78 Å². The number of carbonyl (C=O) groups is 1. The van der Waals surface area contributed by atoms with Crippen molar-refractivity contribution in [2.45, 2.75) is 26.8 Å². The SMILES string of the molecule is Cc1c(C(=O)Nc2ccnc3ccc(Br)cc23)nnn1C(C)C. The summed E-state index contributed by atoms with van der Waals surface area (Å²) in [5, 5.41) is 11.8. The van der Waals surface area contributed by atoms with Crippen molar-refractivity contribution in [3.63, 3.8) is 0 Å². The number of nitrogens with one attached hydrogen (secondary N) is 1. The van der Waals surface area contributed by atoms with Crippen LogP contribution in [0.1, 0.15) is 36.1 Å². The van der Waals surface area contributed by atoms with Crippen molar-refractivity contribution >= 4 is 38.4 Å². The zero-order valence-electron chi connectivity index (χ0n) is 13.0. The minimum Gasteiger partial charge on any atom is -0.320 e. The molecule has 0 saturated carbocycles. The summed E-state index contributed by atoms with van der Waals surface area (Å²) >= 11 is 3.44. The highest BCUT2D eigenvalue weighted by molar-refractivity contribution is 9.10. The summed E-state index contributed by atoms with van der Waals surface area (Å²) in [6.45, 7) is 5.84. The van der Waals surface area contributed by atoms with E-state index in [9.17, 15) is 4.79 Å². The molecule has 0 saturated heterocycles. The zero-order chi connectivity index (χ0) is 16.6. The lowest BCUT2D eigenvalue weighted by Gasteiger charge is -2.09. The fourth-order valence-electron chi connectivity index (χ4n) is 2.45. The summed E-state index contributed by atoms with van der Waals surface area (Å²) in [5.41, 5.74) is 2.59.